The van der Waals surface area contributed by atoms with Crippen LogP contribution in [0.25, 0.3) is 16.9 Å². The van der Waals surface area contributed by atoms with Gasteiger partial charge in [-0.1, -0.05) is 19.1 Å². The van der Waals surface area contributed by atoms with Crippen LogP contribution in [0.1, 0.15) is 13.3 Å². The number of fused-ring (bicyclic) bond motifs is 1. The second-order valence-electron chi connectivity index (χ2n) is 5.25. The molecule has 0 aliphatic heterocycles. The Morgan fingerprint density at radius 1 is 1.30 bits per heavy atom. The Labute approximate surface area is 134 Å². The first-order valence-electron chi connectivity index (χ1n) is 7.59. The summed E-state index contributed by atoms with van der Waals surface area (Å²) < 4.78 is 21.1. The zero-order chi connectivity index (χ0) is 16.2. The van der Waals surface area contributed by atoms with E-state index in [-0.39, 0.29) is 11.9 Å². The van der Waals surface area contributed by atoms with E-state index in [2.05, 4.69) is 22.3 Å². The minimum atomic E-state index is -0.293. The lowest BCUT2D eigenvalue weighted by atomic mass is 10.1. The normalized spacial score (nSPS) is 12.5. The van der Waals surface area contributed by atoms with E-state index in [0.29, 0.717) is 23.4 Å². The fraction of sp³-hybridized carbons (Fsp3) is 0.294. The van der Waals surface area contributed by atoms with Crippen LogP contribution in [0.5, 0.6) is 0 Å². The molecule has 1 atom stereocenters. The third kappa shape index (κ3) is 3.17. The van der Waals surface area contributed by atoms with Gasteiger partial charge in [0.05, 0.1) is 18.0 Å². The zero-order valence-electron chi connectivity index (χ0n) is 13.2. The van der Waals surface area contributed by atoms with E-state index in [1.54, 1.807) is 48.2 Å². The molecule has 0 fully saturated rings. The number of nitrogens with one attached hydrogen (secondary N) is 1. The van der Waals surface area contributed by atoms with Gasteiger partial charge in [0.25, 0.3) is 0 Å². The molecule has 1 unspecified atom stereocenters. The zero-order valence-corrected chi connectivity index (χ0v) is 13.2. The second kappa shape index (κ2) is 6.75. The molecule has 0 radical (unpaired) electrons. The number of methoxy groups -OCH3 is 1. The minimum absolute atomic E-state index is 0.102. The number of ether oxygens (including phenoxy) is 1. The van der Waals surface area contributed by atoms with E-state index in [1.807, 2.05) is 0 Å². The minimum Gasteiger partial charge on any atom is -0.380 e. The molecular formula is C17H19FN4O. The summed E-state index contributed by atoms with van der Waals surface area (Å²) in [6.45, 7) is 2.71. The largest absolute Gasteiger partial charge is 0.380 e. The molecule has 5 nitrogen and oxygen atoms in total. The van der Waals surface area contributed by atoms with Crippen LogP contribution >= 0.6 is 0 Å². The Bertz CT molecular complexity index is 798. The summed E-state index contributed by atoms with van der Waals surface area (Å²) in [6.07, 6.45) is 2.68. The van der Waals surface area contributed by atoms with Gasteiger partial charge in [0, 0.05) is 31.4 Å². The summed E-state index contributed by atoms with van der Waals surface area (Å²) in [4.78, 5) is 4.48. The Hall–Kier alpha value is -2.47. The molecule has 23 heavy (non-hydrogen) atoms. The van der Waals surface area contributed by atoms with Crippen molar-refractivity contribution in [3.05, 3.63) is 48.4 Å². The number of hydrogen-bond acceptors (Lipinski definition) is 4. The molecule has 0 aliphatic rings. The molecule has 1 N–H and O–H groups in total. The fourth-order valence-corrected chi connectivity index (χ4v) is 2.46. The molecule has 2 aromatic heterocycles. The number of nitrogens with zero attached hydrogens (tertiary/aromatic N) is 3. The van der Waals surface area contributed by atoms with Crippen LogP contribution in [0.3, 0.4) is 0 Å². The topological polar surface area (TPSA) is 51.5 Å². The maximum absolute atomic E-state index is 14.1. The maximum Gasteiger partial charge on any atom is 0.157 e. The molecule has 3 rings (SSSR count). The molecule has 3 aromatic rings. The SMILES string of the molecule is CCC(CNc1cc(-c2ccccc2F)nc2ccnn12)OC. The highest BCUT2D eigenvalue weighted by molar-refractivity contribution is 5.66. The van der Waals surface area contributed by atoms with E-state index in [4.69, 9.17) is 4.74 Å². The third-order valence-corrected chi connectivity index (χ3v) is 3.81. The van der Waals surface area contributed by atoms with Crippen LogP contribution in [0.15, 0.2) is 42.6 Å². The lowest BCUT2D eigenvalue weighted by Crippen LogP contribution is -2.22. The van der Waals surface area contributed by atoms with Gasteiger partial charge in [-0.15, -0.1) is 0 Å². The summed E-state index contributed by atoms with van der Waals surface area (Å²) in [5.41, 5.74) is 1.71. The van der Waals surface area contributed by atoms with Crippen LogP contribution in [0.4, 0.5) is 10.2 Å². The van der Waals surface area contributed by atoms with Crippen molar-refractivity contribution in [2.24, 2.45) is 0 Å². The average molecular weight is 314 g/mol. The smallest absolute Gasteiger partial charge is 0.157 e. The summed E-state index contributed by atoms with van der Waals surface area (Å²) in [5.74, 6) is 0.465. The number of benzene rings is 1. The van der Waals surface area contributed by atoms with Crippen LogP contribution < -0.4 is 5.32 Å². The first-order chi connectivity index (χ1) is 11.2. The molecule has 0 amide bonds. The molecule has 1 aromatic carbocycles. The van der Waals surface area contributed by atoms with Gasteiger partial charge in [-0.25, -0.2) is 9.37 Å². The van der Waals surface area contributed by atoms with Crippen LogP contribution in [0.2, 0.25) is 0 Å². The highest BCUT2D eigenvalue weighted by Crippen LogP contribution is 2.24. The lowest BCUT2D eigenvalue weighted by Gasteiger charge is -2.16. The number of aromatic nitrogens is 3. The predicted octanol–water partition coefficient (Wildman–Crippen LogP) is 3.37. The summed E-state index contributed by atoms with van der Waals surface area (Å²) in [7, 11) is 1.69. The van der Waals surface area contributed by atoms with Crippen molar-refractivity contribution in [1.29, 1.82) is 0 Å². The number of rotatable bonds is 6. The van der Waals surface area contributed by atoms with Crippen molar-refractivity contribution in [3.8, 4) is 11.3 Å². The van der Waals surface area contributed by atoms with Crippen LogP contribution in [-0.2, 0) is 4.74 Å². The van der Waals surface area contributed by atoms with Gasteiger partial charge in [-0.3, -0.25) is 0 Å². The second-order valence-corrected chi connectivity index (χ2v) is 5.25. The number of hydrogen-bond donors (Lipinski definition) is 1. The van der Waals surface area contributed by atoms with Crippen molar-refractivity contribution < 1.29 is 9.13 Å². The van der Waals surface area contributed by atoms with Gasteiger partial charge < -0.3 is 10.1 Å². The van der Waals surface area contributed by atoms with Crippen molar-refractivity contribution in [2.45, 2.75) is 19.4 Å². The molecule has 2 heterocycles. The van der Waals surface area contributed by atoms with E-state index < -0.39 is 0 Å². The molecule has 0 aliphatic carbocycles. The summed E-state index contributed by atoms with van der Waals surface area (Å²) >= 11 is 0. The van der Waals surface area contributed by atoms with Gasteiger partial charge in [-0.05, 0) is 18.6 Å². The van der Waals surface area contributed by atoms with Crippen molar-refractivity contribution >= 4 is 11.5 Å². The third-order valence-electron chi connectivity index (χ3n) is 3.81. The molecule has 120 valence electrons. The Morgan fingerprint density at radius 2 is 2.13 bits per heavy atom. The highest BCUT2D eigenvalue weighted by Gasteiger charge is 2.12. The molecule has 0 saturated carbocycles. The number of anilines is 1. The highest BCUT2D eigenvalue weighted by atomic mass is 19.1. The fourth-order valence-electron chi connectivity index (χ4n) is 2.46. The van der Waals surface area contributed by atoms with E-state index in [9.17, 15) is 4.39 Å². The molecule has 0 spiro atoms. The van der Waals surface area contributed by atoms with Gasteiger partial charge in [0.1, 0.15) is 11.6 Å². The van der Waals surface area contributed by atoms with Crippen molar-refractivity contribution in [2.75, 3.05) is 19.0 Å². The molecule has 6 heteroatoms. The lowest BCUT2D eigenvalue weighted by molar-refractivity contribution is 0.110. The first kappa shape index (κ1) is 15.4. The Morgan fingerprint density at radius 3 is 2.87 bits per heavy atom. The molecular weight excluding hydrogens is 295 g/mol. The van der Waals surface area contributed by atoms with Gasteiger partial charge in [0.2, 0.25) is 0 Å². The monoisotopic (exact) mass is 314 g/mol. The Balaban J connectivity index is 2.00. The first-order valence-corrected chi connectivity index (χ1v) is 7.59. The average Bonchev–Trinajstić information content (AvgIpc) is 3.04. The maximum atomic E-state index is 14.1. The van der Waals surface area contributed by atoms with Gasteiger partial charge >= 0.3 is 0 Å². The van der Waals surface area contributed by atoms with E-state index >= 15 is 0 Å². The molecule has 0 saturated heterocycles. The summed E-state index contributed by atoms with van der Waals surface area (Å²) in [5, 5.41) is 7.58. The van der Waals surface area contributed by atoms with Crippen molar-refractivity contribution in [3.63, 3.8) is 0 Å². The standard InChI is InChI=1S/C17H19FN4O/c1-3-12(23-2)11-19-17-10-15(13-6-4-5-7-14(13)18)21-16-8-9-20-22(16)17/h4-10,12,19H,3,11H2,1-2H3. The van der Waals surface area contributed by atoms with E-state index in [0.717, 1.165) is 12.2 Å². The molecule has 0 bridgehead atoms. The summed E-state index contributed by atoms with van der Waals surface area (Å²) in [6, 6.07) is 10.2. The van der Waals surface area contributed by atoms with Gasteiger partial charge in [0.15, 0.2) is 5.65 Å². The van der Waals surface area contributed by atoms with Crippen molar-refractivity contribution in [1.82, 2.24) is 14.6 Å². The van der Waals surface area contributed by atoms with E-state index in [1.165, 1.54) is 6.07 Å². The Kier molecular flexibility index (Phi) is 4.52. The van der Waals surface area contributed by atoms with Crippen LogP contribution in [0, 0.1) is 5.82 Å². The van der Waals surface area contributed by atoms with Gasteiger partial charge in [-0.2, -0.15) is 9.61 Å². The number of halogens is 1. The van der Waals surface area contributed by atoms with Crippen LogP contribution in [-0.4, -0.2) is 34.4 Å². The quantitative estimate of drug-likeness (QED) is 0.758. The predicted molar refractivity (Wildman–Crippen MR) is 88.0 cm³/mol.